The molecule has 6 heteroatoms. The van der Waals surface area contributed by atoms with Crippen molar-refractivity contribution in [2.75, 3.05) is 13.2 Å². The zero-order valence-electron chi connectivity index (χ0n) is 11.3. The van der Waals surface area contributed by atoms with E-state index in [1.807, 2.05) is 6.92 Å². The predicted molar refractivity (Wildman–Crippen MR) is 70.9 cm³/mol. The van der Waals surface area contributed by atoms with Gasteiger partial charge in [-0.1, -0.05) is 19.4 Å². The van der Waals surface area contributed by atoms with E-state index in [4.69, 9.17) is 9.84 Å². The van der Waals surface area contributed by atoms with Crippen molar-refractivity contribution in [2.24, 2.45) is 5.92 Å². The van der Waals surface area contributed by atoms with E-state index in [0.29, 0.717) is 6.42 Å². The number of amides is 1. The first-order valence-corrected chi connectivity index (χ1v) is 6.40. The zero-order chi connectivity index (χ0) is 15.0. The summed E-state index contributed by atoms with van der Waals surface area (Å²) in [5.74, 6) is -2.16. The lowest BCUT2D eigenvalue weighted by Gasteiger charge is -2.12. The zero-order valence-corrected chi connectivity index (χ0v) is 11.3. The second-order valence-corrected chi connectivity index (χ2v) is 4.37. The molecule has 0 radical (unpaired) electrons. The molecule has 0 aliphatic carbocycles. The van der Waals surface area contributed by atoms with Crippen LogP contribution in [0.1, 0.15) is 19.8 Å². The third-order valence-corrected chi connectivity index (χ3v) is 2.70. The van der Waals surface area contributed by atoms with Crippen molar-refractivity contribution < 1.29 is 23.8 Å². The van der Waals surface area contributed by atoms with Gasteiger partial charge >= 0.3 is 5.97 Å². The van der Waals surface area contributed by atoms with E-state index in [9.17, 15) is 14.0 Å². The van der Waals surface area contributed by atoms with E-state index in [1.165, 1.54) is 24.3 Å². The molecular formula is C14H18FNO4. The summed E-state index contributed by atoms with van der Waals surface area (Å²) in [6.45, 7) is 1.67. The van der Waals surface area contributed by atoms with Crippen LogP contribution in [-0.4, -0.2) is 30.1 Å². The van der Waals surface area contributed by atoms with Gasteiger partial charge in [0.2, 0.25) is 0 Å². The summed E-state index contributed by atoms with van der Waals surface area (Å²) in [5.41, 5.74) is 0. The SMILES string of the molecule is CCCC(CNC(=O)COc1cccc(F)c1)C(=O)O. The quantitative estimate of drug-likeness (QED) is 0.763. The Labute approximate surface area is 116 Å². The second kappa shape index (κ2) is 8.14. The average Bonchev–Trinajstić information content (AvgIpc) is 2.41. The Morgan fingerprint density at radius 2 is 2.20 bits per heavy atom. The molecule has 1 rings (SSSR count). The van der Waals surface area contributed by atoms with Gasteiger partial charge in [0, 0.05) is 12.6 Å². The van der Waals surface area contributed by atoms with E-state index in [2.05, 4.69) is 5.32 Å². The molecule has 20 heavy (non-hydrogen) atoms. The highest BCUT2D eigenvalue weighted by molar-refractivity contribution is 5.78. The smallest absolute Gasteiger partial charge is 0.308 e. The molecule has 0 aromatic heterocycles. The minimum atomic E-state index is -0.932. The summed E-state index contributed by atoms with van der Waals surface area (Å²) in [6, 6.07) is 5.46. The van der Waals surface area contributed by atoms with Crippen LogP contribution in [0.4, 0.5) is 4.39 Å². The van der Waals surface area contributed by atoms with Gasteiger partial charge in [-0.2, -0.15) is 0 Å². The molecule has 2 N–H and O–H groups in total. The number of nitrogens with one attached hydrogen (secondary N) is 1. The molecule has 0 saturated heterocycles. The van der Waals surface area contributed by atoms with Gasteiger partial charge < -0.3 is 15.2 Å². The summed E-state index contributed by atoms with van der Waals surface area (Å²) in [7, 11) is 0. The maximum absolute atomic E-state index is 12.9. The highest BCUT2D eigenvalue weighted by Gasteiger charge is 2.17. The largest absolute Gasteiger partial charge is 0.484 e. The molecule has 1 aromatic rings. The molecule has 1 amide bonds. The number of carbonyl (C=O) groups is 2. The number of carbonyl (C=O) groups excluding carboxylic acids is 1. The van der Waals surface area contributed by atoms with Crippen molar-refractivity contribution in [3.63, 3.8) is 0 Å². The second-order valence-electron chi connectivity index (χ2n) is 4.37. The van der Waals surface area contributed by atoms with E-state index in [1.54, 1.807) is 0 Å². The lowest BCUT2D eigenvalue weighted by atomic mass is 10.0. The van der Waals surface area contributed by atoms with Crippen LogP contribution in [0, 0.1) is 11.7 Å². The van der Waals surface area contributed by atoms with Crippen molar-refractivity contribution >= 4 is 11.9 Å². The van der Waals surface area contributed by atoms with Crippen LogP contribution in [0.15, 0.2) is 24.3 Å². The Morgan fingerprint density at radius 3 is 2.80 bits per heavy atom. The Bertz CT molecular complexity index is 464. The Morgan fingerprint density at radius 1 is 1.45 bits per heavy atom. The number of halogens is 1. The number of hydrogen-bond acceptors (Lipinski definition) is 3. The Hall–Kier alpha value is -2.11. The molecule has 1 aromatic carbocycles. The van der Waals surface area contributed by atoms with Crippen LogP contribution in [0.5, 0.6) is 5.75 Å². The fourth-order valence-corrected chi connectivity index (χ4v) is 1.66. The first-order valence-electron chi connectivity index (χ1n) is 6.40. The normalized spacial score (nSPS) is 11.7. The van der Waals surface area contributed by atoms with Crippen molar-refractivity contribution in [3.05, 3.63) is 30.1 Å². The van der Waals surface area contributed by atoms with Crippen molar-refractivity contribution in [3.8, 4) is 5.75 Å². The first-order chi connectivity index (χ1) is 9.52. The highest BCUT2D eigenvalue weighted by Crippen LogP contribution is 2.11. The van der Waals surface area contributed by atoms with Crippen LogP contribution in [0.3, 0.4) is 0 Å². The van der Waals surface area contributed by atoms with E-state index >= 15 is 0 Å². The van der Waals surface area contributed by atoms with E-state index in [0.717, 1.165) is 6.42 Å². The summed E-state index contributed by atoms with van der Waals surface area (Å²) >= 11 is 0. The van der Waals surface area contributed by atoms with Gasteiger partial charge in [0.25, 0.3) is 5.91 Å². The number of aliphatic carboxylic acids is 1. The summed E-state index contributed by atoms with van der Waals surface area (Å²) in [5, 5.41) is 11.4. The molecule has 1 atom stereocenters. The molecule has 0 heterocycles. The molecule has 0 aliphatic heterocycles. The van der Waals surface area contributed by atoms with Crippen LogP contribution in [0.25, 0.3) is 0 Å². The molecule has 0 fully saturated rings. The van der Waals surface area contributed by atoms with Gasteiger partial charge in [-0.15, -0.1) is 0 Å². The molecule has 110 valence electrons. The Kier molecular flexibility index (Phi) is 6.49. The molecule has 5 nitrogen and oxygen atoms in total. The van der Waals surface area contributed by atoms with Crippen LogP contribution in [0.2, 0.25) is 0 Å². The molecule has 0 aliphatic rings. The lowest BCUT2D eigenvalue weighted by molar-refractivity contribution is -0.142. The van der Waals surface area contributed by atoms with Gasteiger partial charge in [-0.05, 0) is 18.6 Å². The number of rotatable bonds is 8. The maximum Gasteiger partial charge on any atom is 0.308 e. The summed E-state index contributed by atoms with van der Waals surface area (Å²) in [6.07, 6.45) is 1.23. The minimum absolute atomic E-state index is 0.0640. The number of ether oxygens (including phenoxy) is 1. The summed E-state index contributed by atoms with van der Waals surface area (Å²) in [4.78, 5) is 22.4. The first kappa shape index (κ1) is 15.9. The van der Waals surface area contributed by atoms with Gasteiger partial charge in [0.05, 0.1) is 5.92 Å². The van der Waals surface area contributed by atoms with E-state index in [-0.39, 0.29) is 18.9 Å². The van der Waals surface area contributed by atoms with E-state index < -0.39 is 23.6 Å². The van der Waals surface area contributed by atoms with Crippen LogP contribution < -0.4 is 10.1 Å². The third-order valence-electron chi connectivity index (χ3n) is 2.70. The van der Waals surface area contributed by atoms with Crippen molar-refractivity contribution in [1.29, 1.82) is 0 Å². The summed E-state index contributed by atoms with van der Waals surface area (Å²) < 4.78 is 18.0. The minimum Gasteiger partial charge on any atom is -0.484 e. The fraction of sp³-hybridized carbons (Fsp3) is 0.429. The number of benzene rings is 1. The molecule has 0 spiro atoms. The molecule has 0 bridgehead atoms. The van der Waals surface area contributed by atoms with Gasteiger partial charge in [0.15, 0.2) is 6.61 Å². The molecule has 1 unspecified atom stereocenters. The predicted octanol–water partition coefficient (Wildman–Crippen LogP) is 1.82. The molecular weight excluding hydrogens is 265 g/mol. The standard InChI is InChI=1S/C14H18FNO4/c1-2-4-10(14(18)19)8-16-13(17)9-20-12-6-3-5-11(15)7-12/h3,5-7,10H,2,4,8-9H2,1H3,(H,16,17)(H,18,19). The third kappa shape index (κ3) is 5.69. The van der Waals surface area contributed by atoms with Gasteiger partial charge in [0.1, 0.15) is 11.6 Å². The lowest BCUT2D eigenvalue weighted by Crippen LogP contribution is -2.35. The Balaban J connectivity index is 2.34. The van der Waals surface area contributed by atoms with Gasteiger partial charge in [-0.25, -0.2) is 4.39 Å². The van der Waals surface area contributed by atoms with Crippen molar-refractivity contribution in [2.45, 2.75) is 19.8 Å². The number of carboxylic acids is 1. The maximum atomic E-state index is 12.9. The van der Waals surface area contributed by atoms with Crippen LogP contribution in [-0.2, 0) is 9.59 Å². The fourth-order valence-electron chi connectivity index (χ4n) is 1.66. The van der Waals surface area contributed by atoms with Gasteiger partial charge in [-0.3, -0.25) is 9.59 Å². The molecule has 0 saturated carbocycles. The number of carboxylic acid groups (broad SMARTS) is 1. The van der Waals surface area contributed by atoms with Crippen molar-refractivity contribution in [1.82, 2.24) is 5.32 Å². The highest BCUT2D eigenvalue weighted by atomic mass is 19.1. The van der Waals surface area contributed by atoms with Crippen LogP contribution >= 0.6 is 0 Å². The topological polar surface area (TPSA) is 75.6 Å². The number of hydrogen-bond donors (Lipinski definition) is 2. The average molecular weight is 283 g/mol. The monoisotopic (exact) mass is 283 g/mol.